The summed E-state index contributed by atoms with van der Waals surface area (Å²) in [6.45, 7) is 1.83. The van der Waals surface area contributed by atoms with Crippen LogP contribution >= 0.6 is 0 Å². The molecule has 0 aromatic heterocycles. The number of sulfonamides is 2. The van der Waals surface area contributed by atoms with Crippen LogP contribution in [0.4, 0.5) is 14.5 Å². The van der Waals surface area contributed by atoms with Crippen LogP contribution < -0.4 is 9.44 Å². The van der Waals surface area contributed by atoms with Crippen molar-refractivity contribution in [1.29, 1.82) is 0 Å². The van der Waals surface area contributed by atoms with Crippen LogP contribution in [0.3, 0.4) is 0 Å². The molecule has 0 heterocycles. The summed E-state index contributed by atoms with van der Waals surface area (Å²) >= 11 is 0. The molecule has 24 heavy (non-hydrogen) atoms. The first-order valence-electron chi connectivity index (χ1n) is 6.73. The van der Waals surface area contributed by atoms with E-state index in [1.807, 2.05) is 0 Å². The molecular formula is C14H14F2N2O4S2. The van der Waals surface area contributed by atoms with E-state index in [-0.39, 0.29) is 17.1 Å². The zero-order valence-electron chi connectivity index (χ0n) is 12.5. The summed E-state index contributed by atoms with van der Waals surface area (Å²) < 4.78 is 78.7. The molecule has 0 aliphatic carbocycles. The van der Waals surface area contributed by atoms with Gasteiger partial charge in [-0.15, -0.1) is 0 Å². The minimum Gasteiger partial charge on any atom is -0.280 e. The van der Waals surface area contributed by atoms with E-state index in [4.69, 9.17) is 0 Å². The predicted octanol–water partition coefficient (Wildman–Crippen LogP) is 2.06. The third-order valence-electron chi connectivity index (χ3n) is 2.93. The molecule has 0 aliphatic heterocycles. The highest BCUT2D eigenvalue weighted by Gasteiger charge is 2.20. The van der Waals surface area contributed by atoms with Gasteiger partial charge in [-0.1, -0.05) is 6.92 Å². The Labute approximate surface area is 138 Å². The van der Waals surface area contributed by atoms with Crippen molar-refractivity contribution in [2.24, 2.45) is 0 Å². The molecule has 2 aromatic carbocycles. The van der Waals surface area contributed by atoms with Crippen molar-refractivity contribution in [2.45, 2.75) is 16.7 Å². The Balaban J connectivity index is 2.28. The van der Waals surface area contributed by atoms with Gasteiger partial charge in [0.15, 0.2) is 0 Å². The van der Waals surface area contributed by atoms with Crippen molar-refractivity contribution in [3.05, 3.63) is 54.1 Å². The van der Waals surface area contributed by atoms with Crippen LogP contribution in [0.2, 0.25) is 0 Å². The van der Waals surface area contributed by atoms with Gasteiger partial charge in [-0.05, 0) is 36.4 Å². The van der Waals surface area contributed by atoms with E-state index in [0.29, 0.717) is 6.07 Å². The van der Waals surface area contributed by atoms with Crippen LogP contribution in [-0.2, 0) is 20.0 Å². The number of hydrogen-bond donors (Lipinski definition) is 2. The molecule has 0 spiro atoms. The molecule has 0 bridgehead atoms. The summed E-state index contributed by atoms with van der Waals surface area (Å²) in [7, 11) is -7.94. The first-order chi connectivity index (χ1) is 11.2. The van der Waals surface area contributed by atoms with E-state index >= 15 is 0 Å². The largest absolute Gasteiger partial charge is 0.280 e. The minimum atomic E-state index is -4.28. The number of rotatable bonds is 6. The molecule has 2 aromatic rings. The van der Waals surface area contributed by atoms with Gasteiger partial charge >= 0.3 is 0 Å². The van der Waals surface area contributed by atoms with Crippen LogP contribution in [0.15, 0.2) is 52.3 Å². The maximum atomic E-state index is 13.6. The van der Waals surface area contributed by atoms with Crippen molar-refractivity contribution in [1.82, 2.24) is 4.72 Å². The maximum absolute atomic E-state index is 13.6. The third kappa shape index (κ3) is 4.08. The zero-order chi connectivity index (χ0) is 18.0. The lowest BCUT2D eigenvalue weighted by molar-refractivity contribution is 0.551. The van der Waals surface area contributed by atoms with Crippen molar-refractivity contribution >= 4 is 25.7 Å². The lowest BCUT2D eigenvalue weighted by Crippen LogP contribution is -2.23. The molecule has 0 atom stereocenters. The van der Waals surface area contributed by atoms with Crippen LogP contribution in [0.5, 0.6) is 0 Å². The molecule has 0 unspecified atom stereocenters. The summed E-state index contributed by atoms with van der Waals surface area (Å²) in [6.07, 6.45) is 0. The number of nitrogens with one attached hydrogen (secondary N) is 2. The van der Waals surface area contributed by atoms with Crippen LogP contribution in [-0.4, -0.2) is 23.4 Å². The fourth-order valence-corrected chi connectivity index (χ4v) is 4.04. The second kappa shape index (κ2) is 6.83. The Hall–Kier alpha value is -2.04. The van der Waals surface area contributed by atoms with Crippen LogP contribution in [0, 0.1) is 11.6 Å². The normalized spacial score (nSPS) is 12.1. The summed E-state index contributed by atoms with van der Waals surface area (Å²) in [6, 6.07) is 6.95. The van der Waals surface area contributed by atoms with Gasteiger partial charge in [-0.2, -0.15) is 0 Å². The van der Waals surface area contributed by atoms with Gasteiger partial charge < -0.3 is 0 Å². The number of hydrogen-bond acceptors (Lipinski definition) is 4. The molecule has 10 heteroatoms. The summed E-state index contributed by atoms with van der Waals surface area (Å²) in [5, 5.41) is 0. The molecular weight excluding hydrogens is 362 g/mol. The van der Waals surface area contributed by atoms with Gasteiger partial charge in [0.25, 0.3) is 10.0 Å². The van der Waals surface area contributed by atoms with E-state index in [1.54, 1.807) is 6.92 Å². The van der Waals surface area contributed by atoms with E-state index < -0.39 is 36.6 Å². The van der Waals surface area contributed by atoms with Crippen LogP contribution in [0.25, 0.3) is 0 Å². The molecule has 130 valence electrons. The van der Waals surface area contributed by atoms with Gasteiger partial charge in [0, 0.05) is 18.3 Å². The third-order valence-corrected chi connectivity index (χ3v) is 5.91. The van der Waals surface area contributed by atoms with E-state index in [2.05, 4.69) is 9.44 Å². The molecule has 2 rings (SSSR count). The Morgan fingerprint density at radius 1 is 0.917 bits per heavy atom. The first-order valence-corrected chi connectivity index (χ1v) is 9.70. The Morgan fingerprint density at radius 2 is 1.54 bits per heavy atom. The Morgan fingerprint density at radius 3 is 2.08 bits per heavy atom. The molecule has 0 saturated carbocycles. The fraction of sp³-hybridized carbons (Fsp3) is 0.143. The summed E-state index contributed by atoms with van der Waals surface area (Å²) in [5.41, 5.74) is 0.0363. The van der Waals surface area contributed by atoms with Gasteiger partial charge in [0.1, 0.15) is 16.5 Å². The van der Waals surface area contributed by atoms with E-state index in [0.717, 1.165) is 12.1 Å². The van der Waals surface area contributed by atoms with Gasteiger partial charge in [-0.25, -0.2) is 30.3 Å². The Kier molecular flexibility index (Phi) is 5.21. The smallest absolute Gasteiger partial charge is 0.264 e. The van der Waals surface area contributed by atoms with Gasteiger partial charge in [0.2, 0.25) is 10.0 Å². The molecule has 0 radical (unpaired) electrons. The topological polar surface area (TPSA) is 92.3 Å². The monoisotopic (exact) mass is 376 g/mol. The van der Waals surface area contributed by atoms with Crippen molar-refractivity contribution < 1.29 is 25.6 Å². The zero-order valence-corrected chi connectivity index (χ0v) is 14.1. The average Bonchev–Trinajstić information content (AvgIpc) is 2.46. The minimum absolute atomic E-state index is 0.0363. The highest BCUT2D eigenvalue weighted by Crippen LogP contribution is 2.21. The highest BCUT2D eigenvalue weighted by molar-refractivity contribution is 7.92. The quantitative estimate of drug-likeness (QED) is 0.807. The van der Waals surface area contributed by atoms with Gasteiger partial charge in [0.05, 0.1) is 4.90 Å². The van der Waals surface area contributed by atoms with Crippen molar-refractivity contribution in [3.8, 4) is 0 Å². The van der Waals surface area contributed by atoms with Crippen molar-refractivity contribution in [3.63, 3.8) is 0 Å². The van der Waals surface area contributed by atoms with Gasteiger partial charge in [-0.3, -0.25) is 4.72 Å². The van der Waals surface area contributed by atoms with E-state index in [1.165, 1.54) is 24.3 Å². The highest BCUT2D eigenvalue weighted by atomic mass is 32.2. The van der Waals surface area contributed by atoms with Crippen molar-refractivity contribution in [2.75, 3.05) is 11.3 Å². The molecule has 0 saturated heterocycles. The molecule has 0 amide bonds. The first kappa shape index (κ1) is 18.3. The Bertz CT molecular complexity index is 943. The predicted molar refractivity (Wildman–Crippen MR) is 84.5 cm³/mol. The molecule has 0 fully saturated rings. The fourth-order valence-electron chi connectivity index (χ4n) is 1.88. The van der Waals surface area contributed by atoms with E-state index in [9.17, 15) is 25.6 Å². The lowest BCUT2D eigenvalue weighted by Gasteiger charge is -2.10. The number of benzene rings is 2. The maximum Gasteiger partial charge on any atom is 0.264 e. The molecule has 6 nitrogen and oxygen atoms in total. The number of halogens is 2. The second-order valence-electron chi connectivity index (χ2n) is 4.71. The SMILES string of the molecule is CCNS(=O)(=O)c1ccc(NS(=O)(=O)c2ccc(F)cc2F)cc1. The lowest BCUT2D eigenvalue weighted by atomic mass is 10.3. The standard InChI is InChI=1S/C14H14F2N2O4S2/c1-2-17-23(19,20)12-6-4-11(5-7-12)18-24(21,22)14-8-3-10(15)9-13(14)16/h3-9,17-18H,2H2,1H3. The average molecular weight is 376 g/mol. The summed E-state index contributed by atoms with van der Waals surface area (Å²) in [4.78, 5) is -0.756. The molecule has 2 N–H and O–H groups in total. The molecule has 0 aliphatic rings. The number of anilines is 1. The van der Waals surface area contributed by atoms with Crippen LogP contribution in [0.1, 0.15) is 6.92 Å². The second-order valence-corrected chi connectivity index (χ2v) is 8.12. The summed E-state index contributed by atoms with van der Waals surface area (Å²) in [5.74, 6) is -2.13.